The first kappa shape index (κ1) is 24.6. The Hall–Kier alpha value is -4.70. The molecule has 0 amide bonds. The van der Waals surface area contributed by atoms with Gasteiger partial charge in [-0.2, -0.15) is 0 Å². The number of alkyl halides is 3. The van der Waals surface area contributed by atoms with Crippen molar-refractivity contribution in [3.05, 3.63) is 96.0 Å². The maximum absolute atomic E-state index is 12.7. The van der Waals surface area contributed by atoms with Gasteiger partial charge in [-0.25, -0.2) is 0 Å². The van der Waals surface area contributed by atoms with Gasteiger partial charge in [0.25, 0.3) is 0 Å². The molecule has 0 saturated heterocycles. The van der Waals surface area contributed by atoms with Crippen molar-refractivity contribution in [2.45, 2.75) is 13.3 Å². The molecule has 0 unspecified atom stereocenters. The van der Waals surface area contributed by atoms with Gasteiger partial charge >= 0.3 is 6.36 Å². The predicted octanol–water partition coefficient (Wildman–Crippen LogP) is 8.65. The van der Waals surface area contributed by atoms with E-state index in [1.54, 1.807) is 29.5 Å². The van der Waals surface area contributed by atoms with E-state index < -0.39 is 6.36 Å². The highest BCUT2D eigenvalue weighted by molar-refractivity contribution is 7.13. The fourth-order valence-electron chi connectivity index (χ4n) is 4.19. The number of rotatable bonds is 6. The predicted molar refractivity (Wildman–Crippen MR) is 146 cm³/mol. The van der Waals surface area contributed by atoms with Gasteiger partial charge in [0, 0.05) is 28.0 Å². The molecule has 0 saturated carbocycles. The van der Waals surface area contributed by atoms with Crippen LogP contribution in [0.3, 0.4) is 0 Å². The molecule has 3 heterocycles. The molecule has 6 aromatic rings. The second-order valence-electron chi connectivity index (χ2n) is 8.72. The zero-order valence-electron chi connectivity index (χ0n) is 20.4. The van der Waals surface area contributed by atoms with Gasteiger partial charge in [-0.1, -0.05) is 24.3 Å². The summed E-state index contributed by atoms with van der Waals surface area (Å²) < 4.78 is 48.1. The van der Waals surface area contributed by atoms with E-state index >= 15 is 0 Å². The van der Waals surface area contributed by atoms with Gasteiger partial charge < -0.3 is 14.8 Å². The number of anilines is 2. The Morgan fingerprint density at radius 1 is 0.821 bits per heavy atom. The van der Waals surface area contributed by atoms with Gasteiger partial charge in [-0.15, -0.1) is 34.7 Å². The summed E-state index contributed by atoms with van der Waals surface area (Å²) in [6, 6.07) is 22.7. The van der Waals surface area contributed by atoms with E-state index in [9.17, 15) is 13.2 Å². The Kier molecular flexibility index (Phi) is 6.24. The number of thiophene rings is 1. The summed E-state index contributed by atoms with van der Waals surface area (Å²) >= 11 is 1.64. The highest BCUT2D eigenvalue weighted by atomic mass is 32.1. The van der Waals surface area contributed by atoms with E-state index in [1.165, 1.54) is 30.0 Å². The van der Waals surface area contributed by atoms with Crippen LogP contribution in [-0.2, 0) is 0 Å². The van der Waals surface area contributed by atoms with Crippen molar-refractivity contribution < 1.29 is 22.6 Å². The number of ether oxygens (including phenoxy) is 2. The van der Waals surface area contributed by atoms with Crippen LogP contribution in [0.1, 0.15) is 5.56 Å². The highest BCUT2D eigenvalue weighted by Crippen LogP contribution is 2.36. The lowest BCUT2D eigenvalue weighted by Crippen LogP contribution is -2.17. The lowest BCUT2D eigenvalue weighted by atomic mass is 10.1. The number of pyridine rings is 1. The van der Waals surface area contributed by atoms with Crippen molar-refractivity contribution in [2.24, 2.45) is 0 Å². The second-order valence-corrected chi connectivity index (χ2v) is 9.63. The number of aromatic nitrogens is 3. The van der Waals surface area contributed by atoms with Crippen LogP contribution in [0.2, 0.25) is 0 Å². The van der Waals surface area contributed by atoms with Crippen LogP contribution in [-0.4, -0.2) is 21.5 Å². The quantitative estimate of drug-likeness (QED) is 0.226. The van der Waals surface area contributed by atoms with Crippen molar-refractivity contribution in [2.75, 3.05) is 5.32 Å². The number of halogens is 3. The lowest BCUT2D eigenvalue weighted by molar-refractivity contribution is -0.274. The molecule has 0 bridgehead atoms. The van der Waals surface area contributed by atoms with Crippen molar-refractivity contribution in [1.29, 1.82) is 0 Å². The van der Waals surface area contributed by atoms with Gasteiger partial charge in [0.1, 0.15) is 22.9 Å². The summed E-state index contributed by atoms with van der Waals surface area (Å²) in [7, 11) is 0. The Morgan fingerprint density at radius 3 is 2.33 bits per heavy atom. The van der Waals surface area contributed by atoms with E-state index in [1.807, 2.05) is 36.4 Å². The van der Waals surface area contributed by atoms with Crippen LogP contribution in [0.15, 0.2) is 90.4 Å². The highest BCUT2D eigenvalue weighted by Gasteiger charge is 2.31. The van der Waals surface area contributed by atoms with Crippen molar-refractivity contribution in [1.82, 2.24) is 15.2 Å². The lowest BCUT2D eigenvalue weighted by Gasteiger charge is -2.13. The summed E-state index contributed by atoms with van der Waals surface area (Å²) in [6.07, 6.45) is -3.26. The van der Waals surface area contributed by atoms with E-state index in [4.69, 9.17) is 4.74 Å². The molecule has 0 fully saturated rings. The van der Waals surface area contributed by atoms with Gasteiger partial charge in [0.2, 0.25) is 0 Å². The Morgan fingerprint density at radius 2 is 1.59 bits per heavy atom. The number of hydrogen-bond donors (Lipinski definition) is 1. The summed E-state index contributed by atoms with van der Waals surface area (Å²) in [6.45, 7) is 2.05. The Labute approximate surface area is 224 Å². The number of nitrogens with one attached hydrogen (secondary N) is 1. The third-order valence-electron chi connectivity index (χ3n) is 5.90. The molecule has 39 heavy (non-hydrogen) atoms. The fraction of sp³-hybridized carbons (Fsp3) is 0.0690. The third-order valence-corrected chi connectivity index (χ3v) is 6.96. The Balaban J connectivity index is 1.25. The molecular formula is C29H19F3N4O2S. The molecule has 1 N–H and O–H groups in total. The van der Waals surface area contributed by atoms with Crippen molar-refractivity contribution >= 4 is 44.5 Å². The smallest absolute Gasteiger partial charge is 0.457 e. The molecule has 0 radical (unpaired) electrons. The molecule has 0 spiro atoms. The van der Waals surface area contributed by atoms with Crippen molar-refractivity contribution in [3.8, 4) is 27.8 Å². The number of nitrogens with zero attached hydrogens (tertiary/aromatic N) is 3. The molecular weight excluding hydrogens is 525 g/mol. The first-order valence-electron chi connectivity index (χ1n) is 11.8. The van der Waals surface area contributed by atoms with E-state index in [0.29, 0.717) is 28.2 Å². The van der Waals surface area contributed by atoms with E-state index in [0.717, 1.165) is 27.0 Å². The first-order chi connectivity index (χ1) is 18.8. The van der Waals surface area contributed by atoms with Gasteiger partial charge in [0.05, 0.1) is 10.4 Å². The summed E-state index contributed by atoms with van der Waals surface area (Å²) in [5.74, 6) is 1.12. The minimum atomic E-state index is -4.79. The molecule has 0 aliphatic rings. The van der Waals surface area contributed by atoms with Crippen LogP contribution in [0.5, 0.6) is 17.2 Å². The number of hydrogen-bond acceptors (Lipinski definition) is 7. The normalized spacial score (nSPS) is 11.6. The summed E-state index contributed by atoms with van der Waals surface area (Å²) in [5, 5.41) is 16.7. The van der Waals surface area contributed by atoms with Crippen LogP contribution in [0, 0.1) is 6.92 Å². The standard InChI is InChI=1S/C29H19F3N4O2S/c1-17-14-26(39-16-17)27-21-4-2-3-5-22(21)28(36-35-27)34-18-6-8-19(9-7-18)37-25-12-13-33-24-11-10-20(15-23(24)25)38-29(30,31)32/h2-16H,1H3,(H,34,36). The molecule has 3 aromatic carbocycles. The largest absolute Gasteiger partial charge is 0.573 e. The molecule has 0 aliphatic heterocycles. The maximum Gasteiger partial charge on any atom is 0.573 e. The van der Waals surface area contributed by atoms with Gasteiger partial charge in [0.15, 0.2) is 5.82 Å². The number of fused-ring (bicyclic) bond motifs is 2. The summed E-state index contributed by atoms with van der Waals surface area (Å²) in [4.78, 5) is 5.25. The number of benzene rings is 3. The molecule has 6 rings (SSSR count). The minimum absolute atomic E-state index is 0.346. The molecule has 3 aromatic heterocycles. The monoisotopic (exact) mass is 544 g/mol. The molecule has 6 nitrogen and oxygen atoms in total. The van der Waals surface area contributed by atoms with Crippen molar-refractivity contribution in [3.63, 3.8) is 0 Å². The maximum atomic E-state index is 12.7. The van der Waals surface area contributed by atoms with Crippen LogP contribution >= 0.6 is 11.3 Å². The van der Waals surface area contributed by atoms with E-state index in [-0.39, 0.29) is 5.75 Å². The first-order valence-corrected chi connectivity index (χ1v) is 12.7. The number of aryl methyl sites for hydroxylation is 1. The zero-order valence-corrected chi connectivity index (χ0v) is 21.2. The van der Waals surface area contributed by atoms with Crippen LogP contribution in [0.4, 0.5) is 24.7 Å². The van der Waals surface area contributed by atoms with Gasteiger partial charge in [-0.05, 0) is 72.5 Å². The fourth-order valence-corrected chi connectivity index (χ4v) is 5.09. The molecule has 0 aliphatic carbocycles. The minimum Gasteiger partial charge on any atom is -0.457 e. The molecule has 0 atom stereocenters. The zero-order chi connectivity index (χ0) is 27.0. The van der Waals surface area contributed by atoms with Crippen LogP contribution in [0.25, 0.3) is 32.2 Å². The van der Waals surface area contributed by atoms with Gasteiger partial charge in [-0.3, -0.25) is 4.98 Å². The van der Waals surface area contributed by atoms with Crippen LogP contribution < -0.4 is 14.8 Å². The van der Waals surface area contributed by atoms with E-state index in [2.05, 4.69) is 43.6 Å². The topological polar surface area (TPSA) is 69.2 Å². The second kappa shape index (κ2) is 9.88. The average molecular weight is 545 g/mol. The SMILES string of the molecule is Cc1csc(-c2nnc(Nc3ccc(Oc4ccnc5ccc(OC(F)(F)F)cc45)cc3)c3ccccc23)c1. The molecule has 194 valence electrons. The molecule has 10 heteroatoms. The average Bonchev–Trinajstić information content (AvgIpc) is 3.35. The Bertz CT molecular complexity index is 1800. The third kappa shape index (κ3) is 5.32. The summed E-state index contributed by atoms with van der Waals surface area (Å²) in [5.41, 5.74) is 3.26.